The monoisotopic (exact) mass is 419 g/mol. The number of imidazole rings is 1. The van der Waals surface area contributed by atoms with E-state index >= 15 is 0 Å². The number of methoxy groups -OCH3 is 1. The Kier molecular flexibility index (Phi) is 6.14. The van der Waals surface area contributed by atoms with Crippen LogP contribution in [0.4, 0.5) is 5.69 Å². The third kappa shape index (κ3) is 4.54. The smallest absolute Gasteiger partial charge is 0.230 e. The molecule has 4 aromatic rings. The average molecular weight is 420 g/mol. The van der Waals surface area contributed by atoms with Crippen molar-refractivity contribution in [2.24, 2.45) is 0 Å². The molecular formula is C24H25N3O2S. The summed E-state index contributed by atoms with van der Waals surface area (Å²) in [6, 6.07) is 15.9. The van der Waals surface area contributed by atoms with Crippen LogP contribution in [0, 0.1) is 0 Å². The molecule has 0 aliphatic carbocycles. The van der Waals surface area contributed by atoms with E-state index in [9.17, 15) is 4.79 Å². The lowest BCUT2D eigenvalue weighted by atomic mass is 10.1. The number of hydrogen-bond acceptors (Lipinski definition) is 4. The fraction of sp³-hybridized carbons (Fsp3) is 0.250. The summed E-state index contributed by atoms with van der Waals surface area (Å²) >= 11 is 1.54. The highest BCUT2D eigenvalue weighted by atomic mass is 32.1. The molecule has 2 aromatic heterocycles. The van der Waals surface area contributed by atoms with Crippen LogP contribution in [0.15, 0.2) is 60.1 Å². The fourth-order valence-electron chi connectivity index (χ4n) is 3.36. The summed E-state index contributed by atoms with van der Waals surface area (Å²) in [5.74, 6) is 0.784. The Balaban J connectivity index is 1.44. The number of aryl methyl sites for hydroxylation is 1. The molecule has 154 valence electrons. The summed E-state index contributed by atoms with van der Waals surface area (Å²) in [5, 5.41) is 4.99. The van der Waals surface area contributed by atoms with Crippen molar-refractivity contribution in [2.75, 3.05) is 12.4 Å². The number of carbonyl (C=O) groups is 1. The van der Waals surface area contributed by atoms with Gasteiger partial charge in [-0.15, -0.1) is 11.3 Å². The van der Waals surface area contributed by atoms with Crippen LogP contribution in [0.3, 0.4) is 0 Å². The molecular weight excluding hydrogens is 394 g/mol. The number of anilines is 1. The van der Waals surface area contributed by atoms with Crippen LogP contribution in [0.25, 0.3) is 16.2 Å². The van der Waals surface area contributed by atoms with Gasteiger partial charge in [-0.25, -0.2) is 4.98 Å². The standard InChI is InChI=1S/C24H25N3O2S/c1-3-4-5-17-6-10-19(11-7-17)25-23(28)14-20-16-30-24-26-22(15-27(20)24)18-8-12-21(29-2)13-9-18/h6-13,15-16H,3-5,14H2,1-2H3,(H,25,28). The normalized spacial score (nSPS) is 11.0. The largest absolute Gasteiger partial charge is 0.497 e. The van der Waals surface area contributed by atoms with Crippen molar-refractivity contribution in [1.82, 2.24) is 9.38 Å². The number of hydrogen-bond donors (Lipinski definition) is 1. The molecule has 0 atom stereocenters. The van der Waals surface area contributed by atoms with Gasteiger partial charge in [-0.2, -0.15) is 0 Å². The molecule has 0 spiro atoms. The number of nitrogens with zero attached hydrogens (tertiary/aromatic N) is 2. The second-order valence-electron chi connectivity index (χ2n) is 7.26. The number of unbranched alkanes of at least 4 members (excludes halogenated alkanes) is 1. The molecule has 0 unspecified atom stereocenters. The van der Waals surface area contributed by atoms with Crippen LogP contribution < -0.4 is 10.1 Å². The van der Waals surface area contributed by atoms with Crippen molar-refractivity contribution in [3.05, 3.63) is 71.4 Å². The fourth-order valence-corrected chi connectivity index (χ4v) is 4.24. The molecule has 2 aromatic carbocycles. The molecule has 0 radical (unpaired) electrons. The van der Waals surface area contributed by atoms with Gasteiger partial charge in [0.15, 0.2) is 4.96 Å². The van der Waals surface area contributed by atoms with Gasteiger partial charge in [-0.05, 0) is 54.8 Å². The van der Waals surface area contributed by atoms with Gasteiger partial charge in [0.25, 0.3) is 0 Å². The van der Waals surface area contributed by atoms with Gasteiger partial charge in [0, 0.05) is 28.5 Å². The van der Waals surface area contributed by atoms with Crippen molar-refractivity contribution in [1.29, 1.82) is 0 Å². The second-order valence-corrected chi connectivity index (χ2v) is 8.10. The van der Waals surface area contributed by atoms with Crippen LogP contribution in [-0.4, -0.2) is 22.4 Å². The molecule has 0 bridgehead atoms. The minimum absolute atomic E-state index is 0.0318. The number of benzene rings is 2. The summed E-state index contributed by atoms with van der Waals surface area (Å²) in [4.78, 5) is 18.1. The van der Waals surface area contributed by atoms with Crippen molar-refractivity contribution in [3.63, 3.8) is 0 Å². The number of carbonyl (C=O) groups excluding carboxylic acids is 1. The van der Waals surface area contributed by atoms with E-state index in [-0.39, 0.29) is 5.91 Å². The zero-order valence-corrected chi connectivity index (χ0v) is 18.0. The molecule has 5 nitrogen and oxygen atoms in total. The Labute approximate surface area is 180 Å². The Bertz CT molecular complexity index is 1130. The molecule has 1 N–H and O–H groups in total. The van der Waals surface area contributed by atoms with E-state index in [4.69, 9.17) is 9.72 Å². The average Bonchev–Trinajstić information content (AvgIpc) is 3.35. The van der Waals surface area contributed by atoms with Crippen LogP contribution in [0.5, 0.6) is 5.75 Å². The number of thiazole rings is 1. The lowest BCUT2D eigenvalue weighted by Crippen LogP contribution is -2.15. The first-order chi connectivity index (χ1) is 14.7. The summed E-state index contributed by atoms with van der Waals surface area (Å²) in [6.07, 6.45) is 5.73. The van der Waals surface area contributed by atoms with Gasteiger partial charge in [0.1, 0.15) is 5.75 Å². The highest BCUT2D eigenvalue weighted by molar-refractivity contribution is 7.15. The van der Waals surface area contributed by atoms with E-state index in [1.165, 1.54) is 18.4 Å². The number of rotatable bonds is 8. The van der Waals surface area contributed by atoms with Gasteiger partial charge >= 0.3 is 0 Å². The van der Waals surface area contributed by atoms with E-state index in [1.807, 2.05) is 52.4 Å². The van der Waals surface area contributed by atoms with Crippen molar-refractivity contribution >= 4 is 27.9 Å². The van der Waals surface area contributed by atoms with E-state index in [0.717, 1.165) is 39.8 Å². The van der Waals surface area contributed by atoms with E-state index < -0.39 is 0 Å². The predicted molar refractivity (Wildman–Crippen MR) is 122 cm³/mol. The summed E-state index contributed by atoms with van der Waals surface area (Å²) in [6.45, 7) is 2.19. The minimum Gasteiger partial charge on any atom is -0.497 e. The van der Waals surface area contributed by atoms with Gasteiger partial charge in [0.2, 0.25) is 5.91 Å². The lowest BCUT2D eigenvalue weighted by molar-refractivity contribution is -0.115. The van der Waals surface area contributed by atoms with Gasteiger partial charge in [-0.1, -0.05) is 25.5 Å². The molecule has 2 heterocycles. The highest BCUT2D eigenvalue weighted by Gasteiger charge is 2.13. The third-order valence-electron chi connectivity index (χ3n) is 5.07. The van der Waals surface area contributed by atoms with E-state index in [0.29, 0.717) is 6.42 Å². The summed E-state index contributed by atoms with van der Waals surface area (Å²) < 4.78 is 7.21. The zero-order chi connectivity index (χ0) is 20.9. The number of nitrogens with one attached hydrogen (secondary N) is 1. The summed E-state index contributed by atoms with van der Waals surface area (Å²) in [5.41, 5.74) is 4.97. The van der Waals surface area contributed by atoms with E-state index in [2.05, 4.69) is 24.4 Å². The van der Waals surface area contributed by atoms with Crippen LogP contribution in [0.2, 0.25) is 0 Å². The van der Waals surface area contributed by atoms with Crippen LogP contribution in [0.1, 0.15) is 31.0 Å². The number of fused-ring (bicyclic) bond motifs is 1. The van der Waals surface area contributed by atoms with Crippen LogP contribution in [-0.2, 0) is 17.6 Å². The Hall–Kier alpha value is -3.12. The zero-order valence-electron chi connectivity index (χ0n) is 17.2. The van der Waals surface area contributed by atoms with Crippen molar-refractivity contribution in [2.45, 2.75) is 32.6 Å². The SMILES string of the molecule is CCCCc1ccc(NC(=O)Cc2csc3nc(-c4ccc(OC)cc4)cn23)cc1. The molecule has 0 aliphatic rings. The lowest BCUT2D eigenvalue weighted by Gasteiger charge is -2.06. The Morgan fingerprint density at radius 3 is 2.60 bits per heavy atom. The van der Waals surface area contributed by atoms with Gasteiger partial charge < -0.3 is 10.1 Å². The maximum atomic E-state index is 12.6. The second kappa shape index (κ2) is 9.13. The minimum atomic E-state index is -0.0318. The Morgan fingerprint density at radius 1 is 1.13 bits per heavy atom. The van der Waals surface area contributed by atoms with Crippen molar-refractivity contribution in [3.8, 4) is 17.0 Å². The molecule has 0 fully saturated rings. The van der Waals surface area contributed by atoms with Crippen LogP contribution >= 0.6 is 11.3 Å². The maximum absolute atomic E-state index is 12.6. The first-order valence-electron chi connectivity index (χ1n) is 10.1. The molecule has 30 heavy (non-hydrogen) atoms. The number of ether oxygens (including phenoxy) is 1. The first-order valence-corrected chi connectivity index (χ1v) is 11.0. The molecule has 1 amide bonds. The predicted octanol–water partition coefficient (Wildman–Crippen LogP) is 5.60. The summed E-state index contributed by atoms with van der Waals surface area (Å²) in [7, 11) is 1.65. The first kappa shape index (κ1) is 20.2. The number of amides is 1. The van der Waals surface area contributed by atoms with Gasteiger partial charge in [0.05, 0.1) is 19.2 Å². The molecule has 6 heteroatoms. The molecule has 0 saturated heterocycles. The molecule has 4 rings (SSSR count). The highest BCUT2D eigenvalue weighted by Crippen LogP contribution is 2.25. The molecule has 0 saturated carbocycles. The molecule has 0 aliphatic heterocycles. The van der Waals surface area contributed by atoms with Gasteiger partial charge in [-0.3, -0.25) is 9.20 Å². The maximum Gasteiger partial charge on any atom is 0.230 e. The third-order valence-corrected chi connectivity index (χ3v) is 5.96. The van der Waals surface area contributed by atoms with Crippen molar-refractivity contribution < 1.29 is 9.53 Å². The topological polar surface area (TPSA) is 55.6 Å². The van der Waals surface area contributed by atoms with E-state index in [1.54, 1.807) is 18.4 Å². The quantitative estimate of drug-likeness (QED) is 0.405. The number of aromatic nitrogens is 2. The Morgan fingerprint density at radius 2 is 1.90 bits per heavy atom.